The minimum atomic E-state index is -0.0598. The van der Waals surface area contributed by atoms with Crippen molar-refractivity contribution in [2.24, 2.45) is 0 Å². The maximum atomic E-state index is 11.7. The molecule has 1 heterocycles. The summed E-state index contributed by atoms with van der Waals surface area (Å²) < 4.78 is 1.86. The molecule has 21 heavy (non-hydrogen) atoms. The minimum absolute atomic E-state index is 0.0598. The van der Waals surface area contributed by atoms with Crippen molar-refractivity contribution < 1.29 is 4.79 Å². The minimum Gasteiger partial charge on any atom is -0.352 e. The molecule has 0 atom stereocenters. The molecule has 110 valence electrons. The van der Waals surface area contributed by atoms with Crippen LogP contribution in [0.25, 0.3) is 6.08 Å². The maximum absolute atomic E-state index is 11.7. The van der Waals surface area contributed by atoms with Gasteiger partial charge in [-0.15, -0.1) is 0 Å². The summed E-state index contributed by atoms with van der Waals surface area (Å²) in [4.78, 5) is 11.7. The van der Waals surface area contributed by atoms with E-state index in [4.69, 9.17) is 0 Å². The molecule has 0 aliphatic rings. The molecule has 0 radical (unpaired) electrons. The molecular weight excluding hydrogens is 262 g/mol. The number of nitrogens with one attached hydrogen (secondary N) is 1. The first-order valence-electron chi connectivity index (χ1n) is 7.16. The third-order valence-electron chi connectivity index (χ3n) is 3.26. The number of aryl methyl sites for hydroxylation is 3. The van der Waals surface area contributed by atoms with Crippen molar-refractivity contribution in [1.82, 2.24) is 15.1 Å². The van der Waals surface area contributed by atoms with E-state index in [9.17, 15) is 4.79 Å². The molecule has 0 saturated carbocycles. The Bertz CT molecular complexity index is 615. The van der Waals surface area contributed by atoms with Gasteiger partial charge in [-0.25, -0.2) is 0 Å². The molecule has 1 aromatic heterocycles. The molecule has 0 aliphatic heterocycles. The smallest absolute Gasteiger partial charge is 0.244 e. The van der Waals surface area contributed by atoms with Gasteiger partial charge >= 0.3 is 0 Å². The SMILES string of the molecule is Cc1ccc(/C=C/C(=O)NCCCn2cccn2)c(C)c1. The van der Waals surface area contributed by atoms with Crippen LogP contribution in [0.15, 0.2) is 42.7 Å². The lowest BCUT2D eigenvalue weighted by Gasteiger charge is -2.04. The van der Waals surface area contributed by atoms with Gasteiger partial charge in [0.05, 0.1) is 0 Å². The molecule has 4 nitrogen and oxygen atoms in total. The van der Waals surface area contributed by atoms with Crippen LogP contribution in [0.2, 0.25) is 0 Å². The van der Waals surface area contributed by atoms with E-state index in [1.54, 1.807) is 12.3 Å². The summed E-state index contributed by atoms with van der Waals surface area (Å²) in [5, 5.41) is 6.99. The molecule has 2 rings (SSSR count). The highest BCUT2D eigenvalue weighted by Gasteiger charge is 1.98. The van der Waals surface area contributed by atoms with Crippen LogP contribution in [0.3, 0.4) is 0 Å². The Morgan fingerprint density at radius 3 is 2.95 bits per heavy atom. The zero-order chi connectivity index (χ0) is 15.1. The Morgan fingerprint density at radius 2 is 2.24 bits per heavy atom. The second kappa shape index (κ2) is 7.43. The molecule has 1 N–H and O–H groups in total. The van der Waals surface area contributed by atoms with Crippen molar-refractivity contribution in [3.05, 3.63) is 59.4 Å². The van der Waals surface area contributed by atoms with Gasteiger partial charge in [0, 0.05) is 31.6 Å². The highest BCUT2D eigenvalue weighted by Crippen LogP contribution is 2.11. The third-order valence-corrected chi connectivity index (χ3v) is 3.26. The van der Waals surface area contributed by atoms with Crippen molar-refractivity contribution in [3.8, 4) is 0 Å². The Labute approximate surface area is 125 Å². The Morgan fingerprint density at radius 1 is 1.38 bits per heavy atom. The number of aromatic nitrogens is 2. The number of rotatable bonds is 6. The van der Waals surface area contributed by atoms with Gasteiger partial charge in [0.1, 0.15) is 0 Å². The molecule has 0 saturated heterocycles. The van der Waals surface area contributed by atoms with Gasteiger partial charge in [0.15, 0.2) is 0 Å². The third kappa shape index (κ3) is 4.91. The number of nitrogens with zero attached hydrogens (tertiary/aromatic N) is 2. The van der Waals surface area contributed by atoms with Gasteiger partial charge in [-0.3, -0.25) is 9.48 Å². The van der Waals surface area contributed by atoms with E-state index in [1.807, 2.05) is 29.1 Å². The van der Waals surface area contributed by atoms with Crippen molar-refractivity contribution in [3.63, 3.8) is 0 Å². The Balaban J connectivity index is 1.74. The molecule has 1 amide bonds. The van der Waals surface area contributed by atoms with Gasteiger partial charge in [-0.2, -0.15) is 5.10 Å². The van der Waals surface area contributed by atoms with E-state index in [0.717, 1.165) is 18.5 Å². The predicted molar refractivity (Wildman–Crippen MR) is 84.8 cm³/mol. The molecule has 0 spiro atoms. The van der Waals surface area contributed by atoms with E-state index in [2.05, 4.69) is 36.4 Å². The fraction of sp³-hybridized carbons (Fsp3) is 0.294. The van der Waals surface area contributed by atoms with E-state index in [1.165, 1.54) is 11.1 Å². The lowest BCUT2D eigenvalue weighted by molar-refractivity contribution is -0.116. The number of hydrogen-bond acceptors (Lipinski definition) is 2. The normalized spacial score (nSPS) is 11.0. The monoisotopic (exact) mass is 283 g/mol. The maximum Gasteiger partial charge on any atom is 0.244 e. The van der Waals surface area contributed by atoms with Crippen LogP contribution < -0.4 is 5.32 Å². The second-order valence-corrected chi connectivity index (χ2v) is 5.11. The summed E-state index contributed by atoms with van der Waals surface area (Å²) in [7, 11) is 0. The number of carbonyl (C=O) groups is 1. The molecule has 0 unspecified atom stereocenters. The van der Waals surface area contributed by atoms with Gasteiger partial charge in [-0.1, -0.05) is 23.8 Å². The number of benzene rings is 1. The summed E-state index contributed by atoms with van der Waals surface area (Å²) in [5.74, 6) is -0.0598. The van der Waals surface area contributed by atoms with Gasteiger partial charge in [0.25, 0.3) is 0 Å². The fourth-order valence-electron chi connectivity index (χ4n) is 2.12. The van der Waals surface area contributed by atoms with Crippen LogP contribution >= 0.6 is 0 Å². The summed E-state index contributed by atoms with van der Waals surface area (Å²) in [5.41, 5.74) is 3.48. The van der Waals surface area contributed by atoms with Gasteiger partial charge in [-0.05, 0) is 43.5 Å². The van der Waals surface area contributed by atoms with Gasteiger partial charge < -0.3 is 5.32 Å². The first-order chi connectivity index (χ1) is 10.1. The number of hydrogen-bond donors (Lipinski definition) is 1. The molecular formula is C17H21N3O. The summed E-state index contributed by atoms with van der Waals surface area (Å²) in [6.45, 7) is 5.57. The Kier molecular flexibility index (Phi) is 5.32. The van der Waals surface area contributed by atoms with Crippen molar-refractivity contribution in [1.29, 1.82) is 0 Å². The molecule has 0 aliphatic carbocycles. The molecule has 2 aromatic rings. The van der Waals surface area contributed by atoms with Crippen LogP contribution in [0.4, 0.5) is 0 Å². The highest BCUT2D eigenvalue weighted by molar-refractivity contribution is 5.91. The largest absolute Gasteiger partial charge is 0.352 e. The van der Waals surface area contributed by atoms with Crippen molar-refractivity contribution >= 4 is 12.0 Å². The average Bonchev–Trinajstić information content (AvgIpc) is 2.96. The first kappa shape index (κ1) is 15.0. The van der Waals surface area contributed by atoms with Gasteiger partial charge in [0.2, 0.25) is 5.91 Å². The number of amides is 1. The van der Waals surface area contributed by atoms with Crippen LogP contribution in [-0.2, 0) is 11.3 Å². The lowest BCUT2D eigenvalue weighted by atomic mass is 10.1. The van der Waals surface area contributed by atoms with Crippen LogP contribution in [0, 0.1) is 13.8 Å². The quantitative estimate of drug-likeness (QED) is 0.654. The van der Waals surface area contributed by atoms with E-state index < -0.39 is 0 Å². The summed E-state index contributed by atoms with van der Waals surface area (Å²) in [6, 6.07) is 8.09. The molecule has 0 bridgehead atoms. The fourth-order valence-corrected chi connectivity index (χ4v) is 2.12. The topological polar surface area (TPSA) is 46.9 Å². The average molecular weight is 283 g/mol. The van der Waals surface area contributed by atoms with E-state index in [0.29, 0.717) is 6.54 Å². The first-order valence-corrected chi connectivity index (χ1v) is 7.16. The Hall–Kier alpha value is -2.36. The zero-order valence-electron chi connectivity index (χ0n) is 12.5. The number of carbonyl (C=O) groups excluding carboxylic acids is 1. The second-order valence-electron chi connectivity index (χ2n) is 5.11. The highest BCUT2D eigenvalue weighted by atomic mass is 16.1. The lowest BCUT2D eigenvalue weighted by Crippen LogP contribution is -2.23. The standard InChI is InChI=1S/C17H21N3O/c1-14-5-6-16(15(2)13-14)7-8-17(21)18-9-3-11-20-12-4-10-19-20/h4-8,10,12-13H,3,9,11H2,1-2H3,(H,18,21)/b8-7+. The van der Waals surface area contributed by atoms with Crippen molar-refractivity contribution in [2.45, 2.75) is 26.8 Å². The summed E-state index contributed by atoms with van der Waals surface area (Å²) >= 11 is 0. The van der Waals surface area contributed by atoms with E-state index in [-0.39, 0.29) is 5.91 Å². The van der Waals surface area contributed by atoms with E-state index >= 15 is 0 Å². The predicted octanol–water partition coefficient (Wildman–Crippen LogP) is 2.72. The molecule has 0 fully saturated rings. The molecule has 4 heteroatoms. The summed E-state index contributed by atoms with van der Waals surface area (Å²) in [6.07, 6.45) is 7.99. The molecule has 1 aromatic carbocycles. The van der Waals surface area contributed by atoms with Crippen LogP contribution in [0.5, 0.6) is 0 Å². The van der Waals surface area contributed by atoms with Crippen LogP contribution in [0.1, 0.15) is 23.1 Å². The van der Waals surface area contributed by atoms with Crippen molar-refractivity contribution in [2.75, 3.05) is 6.54 Å². The van der Waals surface area contributed by atoms with Crippen LogP contribution in [-0.4, -0.2) is 22.2 Å². The zero-order valence-corrected chi connectivity index (χ0v) is 12.5.